The number of aryl methyl sites for hydroxylation is 1. The van der Waals surface area contributed by atoms with E-state index >= 15 is 0 Å². The van der Waals surface area contributed by atoms with Crippen LogP contribution < -0.4 is 5.32 Å². The van der Waals surface area contributed by atoms with E-state index < -0.39 is 16.1 Å². The van der Waals surface area contributed by atoms with Crippen LogP contribution in [0.2, 0.25) is 0 Å². The quantitative estimate of drug-likeness (QED) is 0.435. The summed E-state index contributed by atoms with van der Waals surface area (Å²) in [6.07, 6.45) is 3.10. The van der Waals surface area contributed by atoms with Crippen molar-refractivity contribution in [1.82, 2.24) is 24.3 Å². The molecule has 3 aromatic heterocycles. The lowest BCUT2D eigenvalue weighted by Crippen LogP contribution is -2.51. The van der Waals surface area contributed by atoms with Crippen molar-refractivity contribution in [3.8, 4) is 0 Å². The van der Waals surface area contributed by atoms with Crippen LogP contribution in [-0.4, -0.2) is 64.8 Å². The van der Waals surface area contributed by atoms with Gasteiger partial charge in [-0.05, 0) is 24.6 Å². The Morgan fingerprint density at radius 3 is 2.59 bits per heavy atom. The largest absolute Gasteiger partial charge is 0.360 e. The zero-order valence-electron chi connectivity index (χ0n) is 18.5. The lowest BCUT2D eigenvalue weighted by atomic mass is 10.0. The number of hydrogen-bond acceptors (Lipinski definition) is 7. The summed E-state index contributed by atoms with van der Waals surface area (Å²) in [7, 11) is -3.71. The van der Waals surface area contributed by atoms with Crippen LogP contribution in [0.4, 0.5) is 5.82 Å². The van der Waals surface area contributed by atoms with Gasteiger partial charge in [-0.3, -0.25) is 9.69 Å². The van der Waals surface area contributed by atoms with Gasteiger partial charge in [0.05, 0.1) is 0 Å². The van der Waals surface area contributed by atoms with Crippen molar-refractivity contribution in [2.24, 2.45) is 0 Å². The SMILES string of the molecule is Cc1cc(NC(=O)C(c2ccccc2)N2CCN(S(=O)(=O)c3c[nH]c4ncccc34)CC2)no1. The standard InChI is InChI=1S/C23H24N6O4S/c1-16-14-20(27-33-16)26-23(30)21(17-6-3-2-4-7-17)28-10-12-29(13-11-28)34(31,32)19-15-25-22-18(19)8-5-9-24-22/h2-9,14-15,21H,10-13H2,1H3,(H,24,25)(H,26,27,30). The molecular weight excluding hydrogens is 456 g/mol. The van der Waals surface area contributed by atoms with E-state index in [1.807, 2.05) is 35.2 Å². The second-order valence-corrected chi connectivity index (χ2v) is 10.0. The summed E-state index contributed by atoms with van der Waals surface area (Å²) >= 11 is 0. The van der Waals surface area contributed by atoms with Crippen molar-refractivity contribution in [2.75, 3.05) is 31.5 Å². The third-order valence-electron chi connectivity index (χ3n) is 5.91. The van der Waals surface area contributed by atoms with E-state index in [9.17, 15) is 13.2 Å². The van der Waals surface area contributed by atoms with Crippen molar-refractivity contribution in [1.29, 1.82) is 0 Å². The van der Waals surface area contributed by atoms with E-state index in [0.717, 1.165) is 5.56 Å². The minimum absolute atomic E-state index is 0.211. The first-order chi connectivity index (χ1) is 16.4. The van der Waals surface area contributed by atoms with Gasteiger partial charge in [0.25, 0.3) is 0 Å². The van der Waals surface area contributed by atoms with Gasteiger partial charge >= 0.3 is 0 Å². The topological polar surface area (TPSA) is 124 Å². The maximum absolute atomic E-state index is 13.3. The number of piperazine rings is 1. The molecule has 176 valence electrons. The number of carbonyl (C=O) groups excluding carboxylic acids is 1. The van der Waals surface area contributed by atoms with E-state index in [1.165, 1.54) is 10.5 Å². The lowest BCUT2D eigenvalue weighted by molar-refractivity contribution is -0.122. The molecule has 0 saturated carbocycles. The van der Waals surface area contributed by atoms with Gasteiger partial charge < -0.3 is 14.8 Å². The number of sulfonamides is 1. The molecule has 11 heteroatoms. The van der Waals surface area contributed by atoms with Crippen LogP contribution in [0.3, 0.4) is 0 Å². The van der Waals surface area contributed by atoms with Crippen molar-refractivity contribution in [3.05, 3.63) is 72.2 Å². The first kappa shape index (κ1) is 22.3. The number of H-pyrrole nitrogens is 1. The number of pyridine rings is 1. The number of carbonyl (C=O) groups is 1. The monoisotopic (exact) mass is 480 g/mol. The van der Waals surface area contributed by atoms with E-state index in [1.54, 1.807) is 31.3 Å². The number of fused-ring (bicyclic) bond motifs is 1. The maximum atomic E-state index is 13.3. The average molecular weight is 481 g/mol. The van der Waals surface area contributed by atoms with E-state index in [2.05, 4.69) is 20.4 Å². The van der Waals surface area contributed by atoms with Crippen LogP contribution in [0, 0.1) is 6.92 Å². The van der Waals surface area contributed by atoms with Crippen LogP contribution in [0.5, 0.6) is 0 Å². The number of anilines is 1. The van der Waals surface area contributed by atoms with Gasteiger partial charge in [-0.15, -0.1) is 0 Å². The van der Waals surface area contributed by atoms with Crippen molar-refractivity contribution in [2.45, 2.75) is 17.9 Å². The van der Waals surface area contributed by atoms with E-state index in [-0.39, 0.29) is 23.9 Å². The Kier molecular flexibility index (Phi) is 5.90. The third kappa shape index (κ3) is 4.20. The minimum atomic E-state index is -3.71. The van der Waals surface area contributed by atoms with Gasteiger partial charge in [0.2, 0.25) is 15.9 Å². The molecule has 1 atom stereocenters. The molecule has 1 fully saturated rings. The minimum Gasteiger partial charge on any atom is -0.360 e. The number of aromatic amines is 1. The van der Waals surface area contributed by atoms with Gasteiger partial charge in [-0.25, -0.2) is 13.4 Å². The summed E-state index contributed by atoms with van der Waals surface area (Å²) in [5.74, 6) is 0.689. The van der Waals surface area contributed by atoms with Gasteiger partial charge in [0.15, 0.2) is 5.82 Å². The van der Waals surface area contributed by atoms with Gasteiger partial charge in [-0.1, -0.05) is 35.5 Å². The molecule has 1 unspecified atom stereocenters. The number of hydrogen-bond donors (Lipinski definition) is 2. The summed E-state index contributed by atoms with van der Waals surface area (Å²) < 4.78 is 33.2. The zero-order valence-corrected chi connectivity index (χ0v) is 19.3. The Morgan fingerprint density at radius 1 is 1.12 bits per heavy atom. The highest BCUT2D eigenvalue weighted by Crippen LogP contribution is 2.28. The number of benzene rings is 1. The van der Waals surface area contributed by atoms with Gasteiger partial charge in [0, 0.05) is 50.0 Å². The van der Waals surface area contributed by atoms with Crippen LogP contribution in [0.1, 0.15) is 17.4 Å². The molecule has 1 aliphatic heterocycles. The number of rotatable bonds is 6. The highest BCUT2D eigenvalue weighted by atomic mass is 32.2. The molecule has 0 radical (unpaired) electrons. The van der Waals surface area contributed by atoms with Crippen LogP contribution in [-0.2, 0) is 14.8 Å². The molecule has 1 amide bonds. The second-order valence-electron chi connectivity index (χ2n) is 8.12. The normalized spacial score (nSPS) is 16.5. The number of nitrogens with one attached hydrogen (secondary N) is 2. The molecule has 0 bridgehead atoms. The number of amides is 1. The molecule has 2 N–H and O–H groups in total. The van der Waals surface area contributed by atoms with Gasteiger partial charge in [0.1, 0.15) is 22.3 Å². The number of nitrogens with zero attached hydrogens (tertiary/aromatic N) is 4. The molecule has 10 nitrogen and oxygen atoms in total. The van der Waals surface area contributed by atoms with Crippen LogP contribution in [0.15, 0.2) is 70.3 Å². The predicted molar refractivity (Wildman–Crippen MR) is 125 cm³/mol. The fourth-order valence-electron chi connectivity index (χ4n) is 4.27. The summed E-state index contributed by atoms with van der Waals surface area (Å²) in [5, 5.41) is 7.23. The second kappa shape index (κ2) is 9.01. The van der Waals surface area contributed by atoms with Crippen molar-refractivity contribution < 1.29 is 17.7 Å². The smallest absolute Gasteiger partial charge is 0.247 e. The first-order valence-electron chi connectivity index (χ1n) is 10.9. The predicted octanol–water partition coefficient (Wildman–Crippen LogP) is 2.55. The first-order valence-corrected chi connectivity index (χ1v) is 12.3. The lowest BCUT2D eigenvalue weighted by Gasteiger charge is -2.38. The maximum Gasteiger partial charge on any atom is 0.247 e. The highest BCUT2D eigenvalue weighted by molar-refractivity contribution is 7.89. The third-order valence-corrected chi connectivity index (χ3v) is 7.85. The Labute approximate surface area is 196 Å². The summed E-state index contributed by atoms with van der Waals surface area (Å²) in [4.78, 5) is 22.6. The zero-order chi connectivity index (χ0) is 23.7. The van der Waals surface area contributed by atoms with Crippen molar-refractivity contribution in [3.63, 3.8) is 0 Å². The molecular formula is C23H24N6O4S. The van der Waals surface area contributed by atoms with Crippen molar-refractivity contribution >= 4 is 32.8 Å². The van der Waals surface area contributed by atoms with Crippen LogP contribution >= 0.6 is 0 Å². The molecule has 34 heavy (non-hydrogen) atoms. The molecule has 4 heterocycles. The molecule has 5 rings (SSSR count). The fraction of sp³-hybridized carbons (Fsp3) is 0.261. The Bertz CT molecular complexity index is 1410. The molecule has 0 spiro atoms. The molecule has 1 saturated heterocycles. The highest BCUT2D eigenvalue weighted by Gasteiger charge is 2.35. The van der Waals surface area contributed by atoms with E-state index in [4.69, 9.17) is 4.52 Å². The summed E-state index contributed by atoms with van der Waals surface area (Å²) in [6.45, 7) is 3.06. The Balaban J connectivity index is 1.35. The Hall–Kier alpha value is -3.54. The molecule has 0 aliphatic carbocycles. The Morgan fingerprint density at radius 2 is 1.88 bits per heavy atom. The molecule has 4 aromatic rings. The number of aromatic nitrogens is 3. The van der Waals surface area contributed by atoms with Crippen LogP contribution in [0.25, 0.3) is 11.0 Å². The fourth-order valence-corrected chi connectivity index (χ4v) is 5.84. The average Bonchev–Trinajstić information content (AvgIpc) is 3.46. The molecule has 1 aromatic carbocycles. The summed E-state index contributed by atoms with van der Waals surface area (Å²) in [6, 6.07) is 13.9. The summed E-state index contributed by atoms with van der Waals surface area (Å²) in [5.41, 5.74) is 1.35. The van der Waals surface area contributed by atoms with E-state index in [0.29, 0.717) is 35.7 Å². The molecule has 1 aliphatic rings. The van der Waals surface area contributed by atoms with Gasteiger partial charge in [-0.2, -0.15) is 4.31 Å².